The number of halogens is 4. The maximum absolute atomic E-state index is 14.8. The highest BCUT2D eigenvalue weighted by Gasteiger charge is 2.33. The molecule has 0 fully saturated rings. The Bertz CT molecular complexity index is 1220. The van der Waals surface area contributed by atoms with Gasteiger partial charge in [-0.1, -0.05) is 57.9 Å². The third-order valence-corrected chi connectivity index (χ3v) is 6.78. The highest BCUT2D eigenvalue weighted by molar-refractivity contribution is 7.27. The molecule has 0 saturated heterocycles. The molecular weight excluding hydrogens is 523 g/mol. The molecule has 9 heteroatoms. The van der Waals surface area contributed by atoms with Crippen LogP contribution in [-0.4, -0.2) is 28.8 Å². The Morgan fingerprint density at radius 2 is 1.90 bits per heavy atom. The summed E-state index contributed by atoms with van der Waals surface area (Å²) in [5.74, 6) is -0.0338. The first kappa shape index (κ1) is 32.5. The topological polar surface area (TPSA) is 42.2 Å². The van der Waals surface area contributed by atoms with Crippen molar-refractivity contribution >= 4 is 26.0 Å². The van der Waals surface area contributed by atoms with E-state index in [4.69, 9.17) is 0 Å². The van der Waals surface area contributed by atoms with Crippen LogP contribution in [0.4, 0.5) is 17.6 Å². The van der Waals surface area contributed by atoms with Gasteiger partial charge in [-0.05, 0) is 62.2 Å². The van der Waals surface area contributed by atoms with E-state index in [0.29, 0.717) is 12.4 Å². The van der Waals surface area contributed by atoms with Gasteiger partial charge in [0.1, 0.15) is 11.7 Å². The molecule has 0 bridgehead atoms. The highest BCUT2D eigenvalue weighted by atomic mass is 31.0. The van der Waals surface area contributed by atoms with Gasteiger partial charge in [0.05, 0.1) is 23.0 Å². The normalized spacial score (nSPS) is 16.9. The number of hydrogen-bond acceptors (Lipinski definition) is 2. The lowest BCUT2D eigenvalue weighted by Gasteiger charge is -2.26. The van der Waals surface area contributed by atoms with E-state index in [9.17, 15) is 17.6 Å². The predicted octanol–water partition coefficient (Wildman–Crippen LogP) is 8.15. The molecule has 1 aliphatic heterocycles. The fraction of sp³-hybridized carbons (Fsp3) is 0.467. The van der Waals surface area contributed by atoms with E-state index in [1.54, 1.807) is 24.7 Å². The van der Waals surface area contributed by atoms with Crippen molar-refractivity contribution in [3.8, 4) is 0 Å². The minimum absolute atomic E-state index is 0.167. The van der Waals surface area contributed by atoms with E-state index in [0.717, 1.165) is 53.2 Å². The summed E-state index contributed by atoms with van der Waals surface area (Å²) in [6, 6.07) is 7.57. The Morgan fingerprint density at radius 3 is 2.46 bits per heavy atom. The van der Waals surface area contributed by atoms with Gasteiger partial charge in [0.2, 0.25) is 0 Å². The van der Waals surface area contributed by atoms with E-state index >= 15 is 0 Å². The highest BCUT2D eigenvalue weighted by Crippen LogP contribution is 2.35. The number of fused-ring (bicyclic) bond motifs is 1. The molecule has 3 rings (SSSR count). The maximum atomic E-state index is 14.8. The molecule has 2 atom stereocenters. The molecule has 2 aromatic rings. The molecule has 2 unspecified atom stereocenters. The minimum atomic E-state index is -4.59. The van der Waals surface area contributed by atoms with Gasteiger partial charge in [0.25, 0.3) is 0 Å². The smallest absolute Gasteiger partial charge is 0.362 e. The van der Waals surface area contributed by atoms with Crippen LogP contribution in [0.15, 0.2) is 58.9 Å². The van der Waals surface area contributed by atoms with Gasteiger partial charge in [-0.15, -0.1) is 9.24 Å². The molecule has 1 aromatic carbocycles. The average molecular weight is 565 g/mol. The van der Waals surface area contributed by atoms with Gasteiger partial charge in [-0.25, -0.2) is 4.39 Å². The molecule has 214 valence electrons. The Balaban J connectivity index is 0.00000124. The Labute approximate surface area is 232 Å². The van der Waals surface area contributed by atoms with Crippen LogP contribution < -0.4 is 10.6 Å². The van der Waals surface area contributed by atoms with Crippen LogP contribution in [0.2, 0.25) is 0 Å². The fourth-order valence-corrected chi connectivity index (χ4v) is 4.40. The Hall–Kier alpha value is -2.73. The molecule has 2 heterocycles. The molecule has 1 aromatic heterocycles. The number of rotatable bonds is 7. The molecule has 1 N–H and O–H groups in total. The third kappa shape index (κ3) is 8.89. The number of aromatic nitrogens is 2. The van der Waals surface area contributed by atoms with Crippen molar-refractivity contribution in [1.82, 2.24) is 15.1 Å². The van der Waals surface area contributed by atoms with E-state index in [2.05, 4.69) is 38.5 Å². The number of benzene rings is 1. The van der Waals surface area contributed by atoms with Crippen molar-refractivity contribution in [2.45, 2.75) is 85.5 Å². The van der Waals surface area contributed by atoms with Crippen molar-refractivity contribution in [2.24, 2.45) is 4.99 Å². The van der Waals surface area contributed by atoms with Crippen LogP contribution in [0.25, 0.3) is 5.57 Å². The second-order valence-electron chi connectivity index (χ2n) is 9.42. The summed E-state index contributed by atoms with van der Waals surface area (Å²) in [5.41, 5.74) is 1.93. The van der Waals surface area contributed by atoms with Gasteiger partial charge < -0.3 is 5.32 Å². The predicted molar refractivity (Wildman–Crippen MR) is 158 cm³/mol. The molecule has 0 saturated carbocycles. The zero-order valence-electron chi connectivity index (χ0n) is 23.8. The lowest BCUT2D eigenvalue weighted by molar-refractivity contribution is -0.0883. The van der Waals surface area contributed by atoms with Crippen LogP contribution in [0.1, 0.15) is 88.4 Å². The van der Waals surface area contributed by atoms with Crippen LogP contribution in [0.3, 0.4) is 0 Å². The van der Waals surface area contributed by atoms with Gasteiger partial charge in [-0.2, -0.15) is 18.3 Å². The zero-order chi connectivity index (χ0) is 29.2. The summed E-state index contributed by atoms with van der Waals surface area (Å²) < 4.78 is 57.2. The van der Waals surface area contributed by atoms with Crippen LogP contribution in [-0.2, 0) is 6.54 Å². The third-order valence-electron chi connectivity index (χ3n) is 6.42. The second kappa shape index (κ2) is 15.2. The molecular formula is C30H41F4N4P. The minimum Gasteiger partial charge on any atom is -0.362 e. The van der Waals surface area contributed by atoms with Crippen molar-refractivity contribution in [1.29, 1.82) is 0 Å². The summed E-state index contributed by atoms with van der Waals surface area (Å²) in [5, 5.41) is 9.01. The first-order chi connectivity index (χ1) is 18.5. The van der Waals surface area contributed by atoms with Crippen LogP contribution in [0, 0.1) is 6.92 Å². The molecule has 0 radical (unpaired) electrons. The SMILES string of the molecule is CCCC.C\C=C(F)/C(=C\C(=C\CC)C(F)(F)F)c1cc2n(n1)CCCC2NC(=NC)c1cc(P)ccc1C. The first-order valence-electron chi connectivity index (χ1n) is 13.5. The van der Waals surface area contributed by atoms with E-state index in [-0.39, 0.29) is 23.7 Å². The summed E-state index contributed by atoms with van der Waals surface area (Å²) in [4.78, 5) is 4.45. The zero-order valence-corrected chi connectivity index (χ0v) is 24.9. The number of aliphatic imine (C=N–C) groups is 1. The number of nitrogens with zero attached hydrogens (tertiary/aromatic N) is 3. The fourth-order valence-electron chi connectivity index (χ4n) is 4.14. The van der Waals surface area contributed by atoms with Crippen molar-refractivity contribution in [3.05, 3.63) is 76.4 Å². The van der Waals surface area contributed by atoms with Gasteiger partial charge >= 0.3 is 6.18 Å². The standard InChI is InChI=1S/C26H31F4N4P.C4H10/c1-5-8-17(26(28,29)30)13-20(21(27)6-2)23-15-24-22(9-7-12-34(24)33-23)32-25(31-4)19-14-18(35)11-10-16(19)3;1-3-4-2/h6,8,10-11,13-15,22H,5,7,9,12,35H2,1-4H3,(H,31,32);3-4H2,1-2H3/b17-8-,20-13+,21-6+;. The largest absolute Gasteiger partial charge is 0.416 e. The van der Waals surface area contributed by atoms with Gasteiger partial charge in [-0.3, -0.25) is 9.67 Å². The van der Waals surface area contributed by atoms with E-state index < -0.39 is 17.6 Å². The maximum Gasteiger partial charge on any atom is 0.416 e. The van der Waals surface area contributed by atoms with Gasteiger partial charge in [0, 0.05) is 24.7 Å². The molecule has 0 spiro atoms. The second-order valence-corrected chi connectivity index (χ2v) is 10.1. The average Bonchev–Trinajstić information content (AvgIpc) is 3.35. The summed E-state index contributed by atoms with van der Waals surface area (Å²) in [7, 11) is 4.39. The summed E-state index contributed by atoms with van der Waals surface area (Å²) in [6.07, 6.45) is 2.89. The monoisotopic (exact) mass is 564 g/mol. The van der Waals surface area contributed by atoms with Crippen molar-refractivity contribution in [3.63, 3.8) is 0 Å². The molecule has 1 aliphatic rings. The van der Waals surface area contributed by atoms with Crippen molar-refractivity contribution in [2.75, 3.05) is 7.05 Å². The van der Waals surface area contributed by atoms with E-state index in [1.165, 1.54) is 19.8 Å². The molecule has 4 nitrogen and oxygen atoms in total. The number of aryl methyl sites for hydroxylation is 2. The van der Waals surface area contributed by atoms with Crippen LogP contribution >= 0.6 is 9.24 Å². The molecule has 0 amide bonds. The quantitative estimate of drug-likeness (QED) is 0.121. The van der Waals surface area contributed by atoms with E-state index in [1.807, 2.05) is 25.1 Å². The number of amidine groups is 1. The van der Waals surface area contributed by atoms with Crippen molar-refractivity contribution < 1.29 is 17.6 Å². The summed E-state index contributed by atoms with van der Waals surface area (Å²) >= 11 is 0. The summed E-state index contributed by atoms with van der Waals surface area (Å²) in [6.45, 7) is 10.0. The number of unbranched alkanes of at least 4 members (excludes halogenated alkanes) is 1. The molecule has 39 heavy (non-hydrogen) atoms. The Morgan fingerprint density at radius 1 is 1.21 bits per heavy atom. The van der Waals surface area contributed by atoms with Crippen LogP contribution in [0.5, 0.6) is 0 Å². The number of nitrogens with one attached hydrogen (secondary N) is 1. The molecule has 0 aliphatic carbocycles. The number of hydrogen-bond donors (Lipinski definition) is 1. The lowest BCUT2D eigenvalue weighted by Crippen LogP contribution is -2.34. The first-order valence-corrected chi connectivity index (χ1v) is 14.1. The Kier molecular flexibility index (Phi) is 12.6. The lowest BCUT2D eigenvalue weighted by atomic mass is 10.0. The number of alkyl halides is 3. The number of allylic oxidation sites excluding steroid dienone is 6. The van der Waals surface area contributed by atoms with Gasteiger partial charge in [0.15, 0.2) is 0 Å².